The number of benzene rings is 1. The number of aryl methyl sites for hydroxylation is 1. The molecule has 3 rings (SSSR count). The number of halogens is 3. The van der Waals surface area contributed by atoms with E-state index in [9.17, 15) is 22.8 Å². The van der Waals surface area contributed by atoms with Crippen LogP contribution in [0, 0.1) is 6.92 Å². The number of hydrogen-bond donors (Lipinski definition) is 0. The monoisotopic (exact) mass is 494 g/mol. The largest absolute Gasteiger partial charge is 0.444 e. The summed E-state index contributed by atoms with van der Waals surface area (Å²) in [6.07, 6.45) is -2.14. The van der Waals surface area contributed by atoms with Crippen LogP contribution in [0.4, 0.5) is 18.0 Å². The predicted octanol–water partition coefficient (Wildman–Crippen LogP) is 3.53. The van der Waals surface area contributed by atoms with Crippen molar-refractivity contribution in [3.05, 3.63) is 46.8 Å². The Bertz CT molecular complexity index is 1110. The number of aromatic nitrogens is 4. The minimum absolute atomic E-state index is 0.0381. The molecule has 0 N–H and O–H groups in total. The molecule has 0 aliphatic carbocycles. The van der Waals surface area contributed by atoms with E-state index in [1.165, 1.54) is 23.0 Å². The summed E-state index contributed by atoms with van der Waals surface area (Å²) in [5.41, 5.74) is -0.694. The van der Waals surface area contributed by atoms with Gasteiger partial charge in [0.05, 0.1) is 12.1 Å². The number of amides is 2. The van der Waals surface area contributed by atoms with Crippen molar-refractivity contribution in [3.8, 4) is 0 Å². The normalized spacial score (nSPS) is 17.2. The topological polar surface area (TPSA) is 93.5 Å². The van der Waals surface area contributed by atoms with Gasteiger partial charge in [0.2, 0.25) is 5.91 Å². The molecule has 0 radical (unpaired) electrons. The van der Waals surface area contributed by atoms with E-state index >= 15 is 0 Å². The van der Waals surface area contributed by atoms with E-state index in [1.54, 1.807) is 37.5 Å². The summed E-state index contributed by atoms with van der Waals surface area (Å²) in [6, 6.07) is 3.04. The highest BCUT2D eigenvalue weighted by Crippen LogP contribution is 2.31. The third-order valence-corrected chi connectivity index (χ3v) is 5.30. The fourth-order valence-corrected chi connectivity index (χ4v) is 3.66. The number of tetrazole rings is 1. The quantitative estimate of drug-likeness (QED) is 0.604. The van der Waals surface area contributed by atoms with Crippen molar-refractivity contribution >= 4 is 18.1 Å². The lowest BCUT2D eigenvalue weighted by molar-refractivity contribution is -0.137. The zero-order chi connectivity index (χ0) is 26.0. The molecule has 9 nitrogen and oxygen atoms in total. The van der Waals surface area contributed by atoms with Crippen molar-refractivity contribution in [2.75, 3.05) is 19.6 Å². The molecule has 190 valence electrons. The summed E-state index contributed by atoms with van der Waals surface area (Å²) in [6.45, 7) is 9.72. The van der Waals surface area contributed by atoms with Gasteiger partial charge in [-0.3, -0.25) is 4.79 Å². The second-order valence-corrected chi connectivity index (χ2v) is 9.42. The molecule has 1 atom stereocenters. The fraction of sp³-hybridized carbons (Fsp3) is 0.522. The van der Waals surface area contributed by atoms with Crippen LogP contribution in [-0.2, 0) is 22.3 Å². The molecule has 1 fully saturated rings. The highest BCUT2D eigenvalue weighted by atomic mass is 19.4. The maximum absolute atomic E-state index is 13.3. The molecule has 1 aliphatic rings. The van der Waals surface area contributed by atoms with Crippen LogP contribution in [0.1, 0.15) is 50.2 Å². The van der Waals surface area contributed by atoms with E-state index < -0.39 is 23.4 Å². The molecule has 2 amide bonds. The molecule has 0 saturated carbocycles. The van der Waals surface area contributed by atoms with Gasteiger partial charge in [-0.05, 0) is 69.2 Å². The Kier molecular flexibility index (Phi) is 7.51. The Balaban J connectivity index is 1.74. The smallest absolute Gasteiger partial charge is 0.416 e. The second kappa shape index (κ2) is 10.0. The predicted molar refractivity (Wildman–Crippen MR) is 121 cm³/mol. The van der Waals surface area contributed by atoms with Gasteiger partial charge in [0, 0.05) is 31.8 Å². The van der Waals surface area contributed by atoms with E-state index in [2.05, 4.69) is 15.4 Å². The number of alkyl halides is 3. The van der Waals surface area contributed by atoms with Crippen molar-refractivity contribution < 1.29 is 27.5 Å². The second-order valence-electron chi connectivity index (χ2n) is 9.42. The zero-order valence-electron chi connectivity index (χ0n) is 20.3. The van der Waals surface area contributed by atoms with Crippen LogP contribution >= 0.6 is 0 Å². The van der Waals surface area contributed by atoms with Crippen molar-refractivity contribution in [3.63, 3.8) is 0 Å². The molecule has 2 aromatic rings. The van der Waals surface area contributed by atoms with Crippen molar-refractivity contribution in [2.45, 2.75) is 59.0 Å². The Morgan fingerprint density at radius 2 is 1.91 bits per heavy atom. The summed E-state index contributed by atoms with van der Waals surface area (Å²) in [5, 5.41) is 11.6. The molecule has 12 heteroatoms. The number of rotatable bonds is 4. The fourth-order valence-electron chi connectivity index (χ4n) is 3.66. The average molecular weight is 495 g/mol. The molecule has 1 saturated heterocycles. The minimum Gasteiger partial charge on any atom is -0.444 e. The van der Waals surface area contributed by atoms with Crippen LogP contribution in [-0.4, -0.2) is 73.3 Å². The van der Waals surface area contributed by atoms with Gasteiger partial charge in [-0.15, -0.1) is 10.2 Å². The van der Waals surface area contributed by atoms with E-state index in [-0.39, 0.29) is 18.5 Å². The maximum Gasteiger partial charge on any atom is 0.416 e. The third kappa shape index (κ3) is 7.03. The van der Waals surface area contributed by atoms with Crippen LogP contribution in [0.15, 0.2) is 24.3 Å². The number of hydrogen-bond acceptors (Lipinski definition) is 6. The Morgan fingerprint density at radius 1 is 1.20 bits per heavy atom. The summed E-state index contributed by atoms with van der Waals surface area (Å²) >= 11 is 0. The maximum atomic E-state index is 13.3. The van der Waals surface area contributed by atoms with Gasteiger partial charge in [0.1, 0.15) is 5.60 Å². The van der Waals surface area contributed by atoms with Crippen molar-refractivity contribution in [1.82, 2.24) is 30.0 Å². The molecule has 1 aromatic heterocycles. The summed E-state index contributed by atoms with van der Waals surface area (Å²) in [7, 11) is 0. The highest BCUT2D eigenvalue weighted by Gasteiger charge is 2.32. The first-order valence-corrected chi connectivity index (χ1v) is 11.1. The van der Waals surface area contributed by atoms with E-state index in [0.29, 0.717) is 36.6 Å². The van der Waals surface area contributed by atoms with Gasteiger partial charge >= 0.3 is 12.3 Å². The van der Waals surface area contributed by atoms with Gasteiger partial charge in [-0.1, -0.05) is 6.07 Å². The van der Waals surface area contributed by atoms with Gasteiger partial charge in [-0.2, -0.15) is 18.0 Å². The van der Waals surface area contributed by atoms with E-state index in [1.807, 2.05) is 6.92 Å². The zero-order valence-corrected chi connectivity index (χ0v) is 20.3. The van der Waals surface area contributed by atoms with Crippen LogP contribution in [0.5, 0.6) is 0 Å². The summed E-state index contributed by atoms with van der Waals surface area (Å²) < 4.78 is 45.2. The van der Waals surface area contributed by atoms with Gasteiger partial charge in [0.25, 0.3) is 0 Å². The molecular formula is C23H29F3N6O3. The average Bonchev–Trinajstić information content (AvgIpc) is 3.15. The van der Waals surface area contributed by atoms with Crippen molar-refractivity contribution in [2.24, 2.45) is 0 Å². The Morgan fingerprint density at radius 3 is 2.49 bits per heavy atom. The molecule has 1 aliphatic heterocycles. The summed E-state index contributed by atoms with van der Waals surface area (Å²) in [4.78, 5) is 29.6. The molecule has 0 bridgehead atoms. The SMILES string of the molecule is Cc1nnn(Cc2cc(C(F)(F)F)ccc2/C=C/C(=O)N2CCN(C(=O)OC(C)(C)C)CC2C)n1. The van der Waals surface area contributed by atoms with Gasteiger partial charge in [0.15, 0.2) is 5.82 Å². The Hall–Kier alpha value is -3.44. The van der Waals surface area contributed by atoms with Crippen LogP contribution in [0.25, 0.3) is 6.08 Å². The first-order valence-electron chi connectivity index (χ1n) is 11.1. The van der Waals surface area contributed by atoms with Crippen LogP contribution in [0.3, 0.4) is 0 Å². The third-order valence-electron chi connectivity index (χ3n) is 5.30. The lowest BCUT2D eigenvalue weighted by atomic mass is 10.0. The Labute approximate surface area is 201 Å². The molecule has 1 unspecified atom stereocenters. The van der Waals surface area contributed by atoms with Crippen LogP contribution < -0.4 is 0 Å². The first kappa shape index (κ1) is 26.2. The molecule has 35 heavy (non-hydrogen) atoms. The number of carbonyl (C=O) groups excluding carboxylic acids is 2. The number of carbonyl (C=O) groups is 2. The molecule has 2 heterocycles. The van der Waals surface area contributed by atoms with Gasteiger partial charge < -0.3 is 14.5 Å². The number of ether oxygens (including phenoxy) is 1. The number of piperazine rings is 1. The standard InChI is InChI=1S/C23H29F3N6O3/c1-15-13-30(21(34)35-22(3,4)5)10-11-31(15)20(33)9-7-17-6-8-19(23(24,25)26)12-18(17)14-32-28-16(2)27-29-32/h6-9,12,15H,10-11,13-14H2,1-5H3/b9-7+. The highest BCUT2D eigenvalue weighted by molar-refractivity contribution is 5.92. The molecule has 1 aromatic carbocycles. The number of nitrogens with zero attached hydrogens (tertiary/aromatic N) is 6. The lowest BCUT2D eigenvalue weighted by Crippen LogP contribution is -2.55. The van der Waals surface area contributed by atoms with Crippen LogP contribution in [0.2, 0.25) is 0 Å². The minimum atomic E-state index is -4.51. The lowest BCUT2D eigenvalue weighted by Gasteiger charge is -2.39. The van der Waals surface area contributed by atoms with Crippen molar-refractivity contribution in [1.29, 1.82) is 0 Å². The van der Waals surface area contributed by atoms with E-state index in [0.717, 1.165) is 12.1 Å². The van der Waals surface area contributed by atoms with Gasteiger partial charge in [-0.25, -0.2) is 4.79 Å². The molecule has 0 spiro atoms. The first-order chi connectivity index (χ1) is 16.2. The summed E-state index contributed by atoms with van der Waals surface area (Å²) in [5.74, 6) is 0.0886. The molecular weight excluding hydrogens is 465 g/mol. The van der Waals surface area contributed by atoms with E-state index in [4.69, 9.17) is 4.74 Å².